The Morgan fingerprint density at radius 2 is 2.18 bits per heavy atom. The molecule has 1 unspecified atom stereocenters. The molecule has 1 fully saturated rings. The first-order chi connectivity index (χ1) is 10.5. The fourth-order valence-electron chi connectivity index (χ4n) is 2.10. The molecular formula is C14H17F3N2O3. The number of nitrogens with one attached hydrogen (secondary N) is 2. The van der Waals surface area contributed by atoms with E-state index in [4.69, 9.17) is 4.74 Å². The fraction of sp³-hybridized carbons (Fsp3) is 0.500. The lowest BCUT2D eigenvalue weighted by atomic mass is 10.1. The van der Waals surface area contributed by atoms with E-state index >= 15 is 0 Å². The van der Waals surface area contributed by atoms with Crippen LogP contribution in [0.5, 0.6) is 5.75 Å². The van der Waals surface area contributed by atoms with Crippen molar-refractivity contribution in [3.05, 3.63) is 29.8 Å². The normalized spacial score (nSPS) is 18.8. The number of hydrogen-bond acceptors (Lipinski definition) is 4. The lowest BCUT2D eigenvalue weighted by Gasteiger charge is -2.22. The number of rotatable bonds is 5. The number of halogens is 3. The third-order valence-electron chi connectivity index (χ3n) is 3.11. The topological polar surface area (TPSA) is 59.6 Å². The van der Waals surface area contributed by atoms with Gasteiger partial charge < -0.3 is 20.1 Å². The molecule has 1 aromatic rings. The fourth-order valence-corrected chi connectivity index (χ4v) is 2.10. The van der Waals surface area contributed by atoms with Crippen LogP contribution in [0, 0.1) is 0 Å². The lowest BCUT2D eigenvalue weighted by molar-refractivity contribution is -0.274. The van der Waals surface area contributed by atoms with Crippen molar-refractivity contribution in [3.63, 3.8) is 0 Å². The van der Waals surface area contributed by atoms with E-state index in [9.17, 15) is 18.0 Å². The predicted octanol–water partition coefficient (Wildman–Crippen LogP) is 1.23. The summed E-state index contributed by atoms with van der Waals surface area (Å²) in [4.78, 5) is 11.8. The summed E-state index contributed by atoms with van der Waals surface area (Å²) in [5.74, 6) is -0.527. The third-order valence-corrected chi connectivity index (χ3v) is 3.11. The monoisotopic (exact) mass is 318 g/mol. The number of benzene rings is 1. The molecule has 2 rings (SSSR count). The van der Waals surface area contributed by atoms with Gasteiger partial charge in [0.15, 0.2) is 0 Å². The van der Waals surface area contributed by atoms with Crippen LogP contribution in [0.25, 0.3) is 0 Å². The van der Waals surface area contributed by atoms with Crippen LogP contribution in [0.3, 0.4) is 0 Å². The van der Waals surface area contributed by atoms with Crippen LogP contribution in [0.2, 0.25) is 0 Å². The summed E-state index contributed by atoms with van der Waals surface area (Å²) < 4.78 is 46.1. The average molecular weight is 318 g/mol. The second-order valence-electron chi connectivity index (χ2n) is 4.76. The first kappa shape index (κ1) is 16.6. The van der Waals surface area contributed by atoms with E-state index in [1.54, 1.807) is 6.07 Å². The summed E-state index contributed by atoms with van der Waals surface area (Å²) in [5.41, 5.74) is 0.378. The Kier molecular flexibility index (Phi) is 5.62. The first-order valence-electron chi connectivity index (χ1n) is 6.89. The van der Waals surface area contributed by atoms with E-state index in [1.807, 2.05) is 0 Å². The minimum absolute atomic E-state index is 0.205. The van der Waals surface area contributed by atoms with Crippen molar-refractivity contribution in [2.24, 2.45) is 0 Å². The van der Waals surface area contributed by atoms with E-state index in [0.717, 1.165) is 0 Å². The zero-order valence-electron chi connectivity index (χ0n) is 11.8. The average Bonchev–Trinajstić information content (AvgIpc) is 2.48. The molecule has 0 saturated carbocycles. The zero-order chi connectivity index (χ0) is 16.0. The molecule has 0 bridgehead atoms. The van der Waals surface area contributed by atoms with Crippen molar-refractivity contribution >= 4 is 5.91 Å². The molecule has 1 amide bonds. The predicted molar refractivity (Wildman–Crippen MR) is 72.4 cm³/mol. The Labute approximate surface area is 125 Å². The van der Waals surface area contributed by atoms with Gasteiger partial charge in [0.1, 0.15) is 11.9 Å². The number of ether oxygens (including phenoxy) is 2. The zero-order valence-corrected chi connectivity index (χ0v) is 11.8. The van der Waals surface area contributed by atoms with Gasteiger partial charge >= 0.3 is 6.36 Å². The summed E-state index contributed by atoms with van der Waals surface area (Å²) in [6.45, 7) is 1.79. The van der Waals surface area contributed by atoms with Crippen LogP contribution in [0.4, 0.5) is 13.2 Å². The van der Waals surface area contributed by atoms with E-state index in [0.29, 0.717) is 25.3 Å². The molecule has 0 radical (unpaired) electrons. The maximum Gasteiger partial charge on any atom is 0.573 e. The molecule has 1 heterocycles. The van der Waals surface area contributed by atoms with Gasteiger partial charge in [-0.3, -0.25) is 4.79 Å². The van der Waals surface area contributed by atoms with Crippen molar-refractivity contribution in [2.45, 2.75) is 18.9 Å². The van der Waals surface area contributed by atoms with Gasteiger partial charge in [0.05, 0.1) is 6.61 Å². The van der Waals surface area contributed by atoms with E-state index < -0.39 is 12.5 Å². The molecule has 5 nitrogen and oxygen atoms in total. The lowest BCUT2D eigenvalue weighted by Crippen LogP contribution is -2.48. The largest absolute Gasteiger partial charge is 0.573 e. The summed E-state index contributed by atoms with van der Waals surface area (Å²) in [7, 11) is 0. The summed E-state index contributed by atoms with van der Waals surface area (Å²) in [5, 5.41) is 5.68. The summed E-state index contributed by atoms with van der Waals surface area (Å²) >= 11 is 0. The highest BCUT2D eigenvalue weighted by molar-refractivity contribution is 5.81. The van der Waals surface area contributed by atoms with Crippen LogP contribution >= 0.6 is 0 Å². The minimum Gasteiger partial charge on any atom is -0.406 e. The Bertz CT molecular complexity index is 502. The molecular weight excluding hydrogens is 301 g/mol. The second kappa shape index (κ2) is 7.46. The molecule has 1 aliphatic heterocycles. The second-order valence-corrected chi connectivity index (χ2v) is 4.76. The molecule has 1 aliphatic rings. The number of carbonyl (C=O) groups excluding carboxylic acids is 1. The number of carbonyl (C=O) groups is 1. The van der Waals surface area contributed by atoms with Crippen molar-refractivity contribution in [2.75, 3.05) is 26.2 Å². The number of hydrogen-bond donors (Lipinski definition) is 2. The summed E-state index contributed by atoms with van der Waals surface area (Å²) in [6, 6.07) is 5.87. The van der Waals surface area contributed by atoms with Gasteiger partial charge in [-0.25, -0.2) is 0 Å². The van der Waals surface area contributed by atoms with Crippen LogP contribution in [0.1, 0.15) is 5.56 Å². The first-order valence-corrected chi connectivity index (χ1v) is 6.89. The van der Waals surface area contributed by atoms with Gasteiger partial charge in [-0.05, 0) is 18.1 Å². The number of amides is 1. The molecule has 22 heavy (non-hydrogen) atoms. The molecule has 1 atom stereocenters. The van der Waals surface area contributed by atoms with Gasteiger partial charge in [-0.1, -0.05) is 18.2 Å². The Morgan fingerprint density at radius 3 is 2.86 bits per heavy atom. The third kappa shape index (κ3) is 5.19. The van der Waals surface area contributed by atoms with Gasteiger partial charge in [0.25, 0.3) is 0 Å². The highest BCUT2D eigenvalue weighted by Gasteiger charge is 2.32. The van der Waals surface area contributed by atoms with Crippen LogP contribution in [-0.2, 0) is 16.0 Å². The Hall–Kier alpha value is -1.80. The molecule has 1 aromatic carbocycles. The van der Waals surface area contributed by atoms with Crippen molar-refractivity contribution in [3.8, 4) is 5.75 Å². The van der Waals surface area contributed by atoms with Crippen LogP contribution in [0.15, 0.2) is 24.3 Å². The molecule has 122 valence electrons. The highest BCUT2D eigenvalue weighted by atomic mass is 19.4. The molecule has 0 aliphatic carbocycles. The summed E-state index contributed by atoms with van der Waals surface area (Å²) in [6.07, 6.45) is -5.06. The van der Waals surface area contributed by atoms with Gasteiger partial charge in [-0.15, -0.1) is 13.2 Å². The van der Waals surface area contributed by atoms with Gasteiger partial charge in [-0.2, -0.15) is 0 Å². The van der Waals surface area contributed by atoms with E-state index in [2.05, 4.69) is 15.4 Å². The minimum atomic E-state index is -4.74. The van der Waals surface area contributed by atoms with Gasteiger partial charge in [0, 0.05) is 19.6 Å². The Balaban J connectivity index is 1.85. The molecule has 1 saturated heterocycles. The van der Waals surface area contributed by atoms with Crippen LogP contribution in [-0.4, -0.2) is 44.6 Å². The van der Waals surface area contributed by atoms with Crippen molar-refractivity contribution in [1.29, 1.82) is 0 Å². The number of morpholine rings is 1. The quantitative estimate of drug-likeness (QED) is 0.857. The standard InChI is InChI=1S/C14H17F3N2O3/c15-14(16,17)22-11-4-2-1-3-10(11)5-6-19-13(20)12-9-18-7-8-21-12/h1-4,12,18H,5-9H2,(H,19,20). The molecule has 2 N–H and O–H groups in total. The van der Waals surface area contributed by atoms with E-state index in [1.165, 1.54) is 18.2 Å². The molecule has 8 heteroatoms. The molecule has 0 spiro atoms. The number of para-hydroxylation sites is 1. The van der Waals surface area contributed by atoms with E-state index in [-0.39, 0.29) is 24.6 Å². The van der Waals surface area contributed by atoms with Crippen LogP contribution < -0.4 is 15.4 Å². The smallest absolute Gasteiger partial charge is 0.406 e. The Morgan fingerprint density at radius 1 is 1.41 bits per heavy atom. The highest BCUT2D eigenvalue weighted by Crippen LogP contribution is 2.26. The van der Waals surface area contributed by atoms with Gasteiger partial charge in [0.2, 0.25) is 5.91 Å². The van der Waals surface area contributed by atoms with Crippen molar-refractivity contribution in [1.82, 2.24) is 10.6 Å². The molecule has 0 aromatic heterocycles. The maximum atomic E-state index is 12.3. The number of alkyl halides is 3. The SMILES string of the molecule is O=C(NCCc1ccccc1OC(F)(F)F)C1CNCCO1. The maximum absolute atomic E-state index is 12.3. The van der Waals surface area contributed by atoms with Crippen molar-refractivity contribution < 1.29 is 27.4 Å².